The molecule has 2 heterocycles. The first-order valence-electron chi connectivity index (χ1n) is 7.31. The van der Waals surface area contributed by atoms with Crippen LogP contribution in [-0.2, 0) is 23.1 Å². The van der Waals surface area contributed by atoms with Crippen LogP contribution in [0.1, 0.15) is 5.56 Å². The predicted molar refractivity (Wildman–Crippen MR) is 87.4 cm³/mol. The lowest BCUT2D eigenvalue weighted by molar-refractivity contribution is -0.121. The maximum absolute atomic E-state index is 12.7. The zero-order valence-electron chi connectivity index (χ0n) is 14.1. The molecule has 0 unspecified atom stereocenters. The Morgan fingerprint density at radius 2 is 2.04 bits per heavy atom. The van der Waals surface area contributed by atoms with Crippen LogP contribution in [-0.4, -0.2) is 47.4 Å². The number of hydrogen-bond donors (Lipinski definition) is 1. The molecule has 0 aliphatic carbocycles. The first-order chi connectivity index (χ1) is 11.4. The number of pyridine rings is 1. The van der Waals surface area contributed by atoms with Crippen LogP contribution in [0.3, 0.4) is 0 Å². The summed E-state index contributed by atoms with van der Waals surface area (Å²) in [5, 5.41) is 2.75. The smallest absolute Gasteiger partial charge is 0.332 e. The number of rotatable bonds is 6. The highest BCUT2D eigenvalue weighted by molar-refractivity contribution is 5.83. The maximum atomic E-state index is 12.7. The van der Waals surface area contributed by atoms with Gasteiger partial charge in [0.05, 0.1) is 13.7 Å². The molecule has 0 aliphatic rings. The Bertz CT molecular complexity index is 884. The number of fused-ring (bicyclic) bond motifs is 1. The van der Waals surface area contributed by atoms with Gasteiger partial charge >= 0.3 is 5.69 Å². The molecule has 2 aromatic heterocycles. The normalized spacial score (nSPS) is 10.8. The van der Waals surface area contributed by atoms with E-state index in [2.05, 4.69) is 10.3 Å². The molecule has 0 aliphatic heterocycles. The molecule has 130 valence electrons. The minimum Gasteiger partial charge on any atom is -0.495 e. The molecule has 0 bridgehead atoms. The summed E-state index contributed by atoms with van der Waals surface area (Å²) in [6.45, 7) is 2.00. The molecule has 0 saturated heterocycles. The third-order valence-corrected chi connectivity index (χ3v) is 3.62. The molecule has 0 saturated carbocycles. The number of ether oxygens (including phenoxy) is 2. The lowest BCUT2D eigenvalue weighted by atomic mass is 10.2. The fourth-order valence-corrected chi connectivity index (χ4v) is 2.41. The maximum Gasteiger partial charge on any atom is 0.332 e. The zero-order chi connectivity index (χ0) is 17.9. The summed E-state index contributed by atoms with van der Waals surface area (Å²) >= 11 is 0. The molecule has 0 atom stereocenters. The van der Waals surface area contributed by atoms with Crippen molar-refractivity contribution in [1.29, 1.82) is 0 Å². The first kappa shape index (κ1) is 17.7. The van der Waals surface area contributed by atoms with Gasteiger partial charge in [-0.2, -0.15) is 0 Å². The summed E-state index contributed by atoms with van der Waals surface area (Å²) in [5.74, 6) is -0.112. The van der Waals surface area contributed by atoms with Gasteiger partial charge in [0.2, 0.25) is 5.91 Å². The summed E-state index contributed by atoms with van der Waals surface area (Å²) in [7, 11) is 4.44. The van der Waals surface area contributed by atoms with E-state index in [1.165, 1.54) is 32.0 Å². The Hall–Kier alpha value is -2.68. The van der Waals surface area contributed by atoms with Crippen molar-refractivity contribution in [3.63, 3.8) is 0 Å². The van der Waals surface area contributed by atoms with Gasteiger partial charge in [-0.1, -0.05) is 0 Å². The molecule has 0 aromatic carbocycles. The van der Waals surface area contributed by atoms with Crippen molar-refractivity contribution in [2.24, 2.45) is 7.05 Å². The second-order valence-corrected chi connectivity index (χ2v) is 5.25. The second kappa shape index (κ2) is 7.26. The number of aryl methyl sites for hydroxylation is 2. The molecule has 2 rings (SSSR count). The number of carbonyl (C=O) groups is 1. The van der Waals surface area contributed by atoms with Gasteiger partial charge < -0.3 is 14.8 Å². The largest absolute Gasteiger partial charge is 0.495 e. The predicted octanol–water partition coefficient (Wildman–Crippen LogP) is -0.825. The van der Waals surface area contributed by atoms with Crippen molar-refractivity contribution in [1.82, 2.24) is 19.4 Å². The average molecular weight is 336 g/mol. The number of nitrogens with one attached hydrogen (secondary N) is 1. The fraction of sp³-hybridized carbons (Fsp3) is 0.467. The van der Waals surface area contributed by atoms with Gasteiger partial charge in [-0.15, -0.1) is 0 Å². The summed E-state index contributed by atoms with van der Waals surface area (Å²) in [4.78, 5) is 41.2. The molecule has 24 heavy (non-hydrogen) atoms. The van der Waals surface area contributed by atoms with Crippen molar-refractivity contribution in [2.45, 2.75) is 13.5 Å². The van der Waals surface area contributed by atoms with E-state index in [9.17, 15) is 14.4 Å². The van der Waals surface area contributed by atoms with Gasteiger partial charge in [0, 0.05) is 32.5 Å². The van der Waals surface area contributed by atoms with E-state index in [1.807, 2.05) is 0 Å². The Balaban J connectivity index is 2.57. The highest BCUT2D eigenvalue weighted by Gasteiger charge is 2.19. The van der Waals surface area contributed by atoms with Crippen LogP contribution in [0.4, 0.5) is 0 Å². The Labute approximate surface area is 137 Å². The number of carbonyl (C=O) groups excluding carboxylic acids is 1. The quantitative estimate of drug-likeness (QED) is 0.691. The monoisotopic (exact) mass is 336 g/mol. The van der Waals surface area contributed by atoms with Crippen LogP contribution in [0, 0.1) is 6.92 Å². The Kier molecular flexibility index (Phi) is 5.35. The average Bonchev–Trinajstić information content (AvgIpc) is 2.56. The fourth-order valence-electron chi connectivity index (χ4n) is 2.41. The Morgan fingerprint density at radius 3 is 2.67 bits per heavy atom. The van der Waals surface area contributed by atoms with Gasteiger partial charge in [-0.05, 0) is 6.92 Å². The van der Waals surface area contributed by atoms with Crippen LogP contribution in [0.2, 0.25) is 0 Å². The summed E-state index contributed by atoms with van der Waals surface area (Å²) in [6, 6.07) is 0. The van der Waals surface area contributed by atoms with Crippen LogP contribution in [0.15, 0.2) is 15.8 Å². The van der Waals surface area contributed by atoms with Gasteiger partial charge in [0.15, 0.2) is 5.65 Å². The zero-order valence-corrected chi connectivity index (χ0v) is 14.1. The summed E-state index contributed by atoms with van der Waals surface area (Å²) in [5.41, 5.74) is -0.351. The van der Waals surface area contributed by atoms with E-state index in [0.29, 0.717) is 24.5 Å². The lowest BCUT2D eigenvalue weighted by Gasteiger charge is -2.13. The van der Waals surface area contributed by atoms with Crippen molar-refractivity contribution in [2.75, 3.05) is 27.4 Å². The molecule has 1 N–H and O–H groups in total. The number of aromatic nitrogens is 3. The summed E-state index contributed by atoms with van der Waals surface area (Å²) in [6.07, 6.45) is 1.53. The van der Waals surface area contributed by atoms with Gasteiger partial charge in [0.25, 0.3) is 5.56 Å². The van der Waals surface area contributed by atoms with Crippen LogP contribution in [0.5, 0.6) is 5.75 Å². The van der Waals surface area contributed by atoms with Crippen molar-refractivity contribution >= 4 is 16.9 Å². The van der Waals surface area contributed by atoms with E-state index in [0.717, 1.165) is 4.57 Å². The number of amides is 1. The highest BCUT2D eigenvalue weighted by atomic mass is 16.5. The molecule has 0 radical (unpaired) electrons. The molecule has 1 amide bonds. The van der Waals surface area contributed by atoms with E-state index >= 15 is 0 Å². The number of hydrogen-bond acceptors (Lipinski definition) is 6. The molecular weight excluding hydrogens is 316 g/mol. The molecule has 0 fully saturated rings. The third-order valence-electron chi connectivity index (χ3n) is 3.62. The van der Waals surface area contributed by atoms with Gasteiger partial charge in [0.1, 0.15) is 17.7 Å². The number of nitrogens with zero attached hydrogens (tertiary/aromatic N) is 3. The summed E-state index contributed by atoms with van der Waals surface area (Å²) < 4.78 is 12.2. The van der Waals surface area contributed by atoms with E-state index < -0.39 is 17.2 Å². The van der Waals surface area contributed by atoms with Crippen molar-refractivity contribution < 1.29 is 14.3 Å². The van der Waals surface area contributed by atoms with Crippen molar-refractivity contribution in [3.05, 3.63) is 32.6 Å². The highest BCUT2D eigenvalue weighted by Crippen LogP contribution is 2.23. The Morgan fingerprint density at radius 1 is 1.33 bits per heavy atom. The van der Waals surface area contributed by atoms with E-state index in [1.54, 1.807) is 6.92 Å². The minimum absolute atomic E-state index is 0.171. The van der Waals surface area contributed by atoms with Crippen LogP contribution < -0.4 is 21.3 Å². The van der Waals surface area contributed by atoms with E-state index in [4.69, 9.17) is 9.47 Å². The van der Waals surface area contributed by atoms with Crippen LogP contribution in [0.25, 0.3) is 11.0 Å². The van der Waals surface area contributed by atoms with Gasteiger partial charge in [-0.3, -0.25) is 14.2 Å². The number of methoxy groups -OCH3 is 2. The first-order valence-corrected chi connectivity index (χ1v) is 7.31. The molecule has 9 heteroatoms. The topological polar surface area (TPSA) is 104 Å². The van der Waals surface area contributed by atoms with Gasteiger partial charge in [-0.25, -0.2) is 14.3 Å². The van der Waals surface area contributed by atoms with Crippen molar-refractivity contribution in [3.8, 4) is 5.75 Å². The molecule has 2 aromatic rings. The van der Waals surface area contributed by atoms with Crippen LogP contribution >= 0.6 is 0 Å². The molecule has 0 spiro atoms. The molecular formula is C15H20N4O5. The third kappa shape index (κ3) is 3.16. The molecule has 9 nitrogen and oxygen atoms in total. The minimum atomic E-state index is -0.618. The second-order valence-electron chi connectivity index (χ2n) is 5.25. The lowest BCUT2D eigenvalue weighted by Crippen LogP contribution is -2.44. The standard InChI is InChI=1S/C15H20N4O5/c1-9-7-17-13-11(12(9)24-4)14(21)19(15(22)18(13)2)8-10(20)16-5-6-23-3/h7H,5-6,8H2,1-4H3,(H,16,20). The SMILES string of the molecule is COCCNC(=O)Cn1c(=O)c2c(OC)c(C)cnc2n(C)c1=O. The van der Waals surface area contributed by atoms with E-state index in [-0.39, 0.29) is 17.6 Å².